The number of aromatic amines is 1. The minimum atomic E-state index is -0.411. The van der Waals surface area contributed by atoms with Gasteiger partial charge in [0.15, 0.2) is 16.8 Å². The molecule has 2 N–H and O–H groups in total. The number of methoxy groups -OCH3 is 1. The van der Waals surface area contributed by atoms with Gasteiger partial charge in [-0.3, -0.25) is 5.10 Å². The van der Waals surface area contributed by atoms with Gasteiger partial charge in [-0.15, -0.1) is 11.3 Å². The number of aryl methyl sites for hydroxylation is 1. The number of H-pyrrole nitrogens is 1. The van der Waals surface area contributed by atoms with E-state index in [-0.39, 0.29) is 5.82 Å². The van der Waals surface area contributed by atoms with Crippen molar-refractivity contribution in [3.63, 3.8) is 0 Å². The number of anilines is 2. The molecule has 0 aromatic carbocycles. The van der Waals surface area contributed by atoms with Gasteiger partial charge in [0.05, 0.1) is 24.2 Å². The number of hydrogen-bond donors (Lipinski definition) is 2. The second-order valence-electron chi connectivity index (χ2n) is 4.64. The standard InChI is InChI=1S/C14H14FN5OS/c1-8-3-4-10(15)13(17-8)19-14-18-12(7-22-14)9-5-16-20-11(9)6-21-2/h3-5,7H,6H2,1-2H3,(H,16,20)(H,17,18,19). The Morgan fingerprint density at radius 2 is 2.23 bits per heavy atom. The van der Waals surface area contributed by atoms with Crippen molar-refractivity contribution < 1.29 is 9.13 Å². The number of rotatable bonds is 5. The van der Waals surface area contributed by atoms with E-state index in [9.17, 15) is 4.39 Å². The normalized spacial score (nSPS) is 10.9. The average Bonchev–Trinajstić information content (AvgIpc) is 3.12. The third kappa shape index (κ3) is 2.97. The molecule has 114 valence electrons. The average molecular weight is 319 g/mol. The number of pyridine rings is 1. The van der Waals surface area contributed by atoms with E-state index in [1.807, 2.05) is 5.38 Å². The fraction of sp³-hybridized carbons (Fsp3) is 0.214. The molecule has 3 aromatic heterocycles. The van der Waals surface area contributed by atoms with E-state index in [1.165, 1.54) is 17.4 Å². The van der Waals surface area contributed by atoms with Gasteiger partial charge in [0.1, 0.15) is 0 Å². The Labute approximate surface area is 130 Å². The molecule has 0 aliphatic rings. The summed E-state index contributed by atoms with van der Waals surface area (Å²) in [4.78, 5) is 8.58. The highest BCUT2D eigenvalue weighted by molar-refractivity contribution is 7.14. The summed E-state index contributed by atoms with van der Waals surface area (Å²) in [6.07, 6.45) is 1.69. The smallest absolute Gasteiger partial charge is 0.188 e. The zero-order chi connectivity index (χ0) is 15.5. The van der Waals surface area contributed by atoms with E-state index in [1.54, 1.807) is 26.3 Å². The summed E-state index contributed by atoms with van der Waals surface area (Å²) in [5.41, 5.74) is 3.20. The highest BCUT2D eigenvalue weighted by Gasteiger charge is 2.13. The summed E-state index contributed by atoms with van der Waals surface area (Å²) < 4.78 is 18.8. The van der Waals surface area contributed by atoms with Crippen molar-refractivity contribution in [1.82, 2.24) is 20.2 Å². The molecule has 0 radical (unpaired) electrons. The van der Waals surface area contributed by atoms with Crippen LogP contribution in [0, 0.1) is 12.7 Å². The maximum absolute atomic E-state index is 13.7. The Morgan fingerprint density at radius 1 is 1.36 bits per heavy atom. The Hall–Kier alpha value is -2.32. The number of halogens is 1. The van der Waals surface area contributed by atoms with E-state index in [0.717, 1.165) is 22.6 Å². The lowest BCUT2D eigenvalue weighted by Crippen LogP contribution is -1.98. The van der Waals surface area contributed by atoms with E-state index in [0.29, 0.717) is 11.7 Å². The van der Waals surface area contributed by atoms with Gasteiger partial charge in [0.2, 0.25) is 0 Å². The number of thiazole rings is 1. The molecule has 0 atom stereocenters. The molecule has 8 heteroatoms. The minimum absolute atomic E-state index is 0.171. The maximum Gasteiger partial charge on any atom is 0.188 e. The van der Waals surface area contributed by atoms with Crippen LogP contribution >= 0.6 is 11.3 Å². The van der Waals surface area contributed by atoms with Crippen LogP contribution in [0.5, 0.6) is 0 Å². The summed E-state index contributed by atoms with van der Waals surface area (Å²) >= 11 is 1.37. The van der Waals surface area contributed by atoms with Gasteiger partial charge >= 0.3 is 0 Å². The fourth-order valence-corrected chi connectivity index (χ4v) is 2.68. The van der Waals surface area contributed by atoms with Crippen LogP contribution in [0.1, 0.15) is 11.4 Å². The molecule has 0 amide bonds. The van der Waals surface area contributed by atoms with Gasteiger partial charge in [-0.25, -0.2) is 14.4 Å². The molecule has 0 saturated carbocycles. The first-order valence-corrected chi connectivity index (χ1v) is 7.42. The zero-order valence-electron chi connectivity index (χ0n) is 12.1. The molecule has 3 aromatic rings. The van der Waals surface area contributed by atoms with E-state index in [4.69, 9.17) is 4.74 Å². The summed E-state index contributed by atoms with van der Waals surface area (Å²) in [5, 5.41) is 12.2. The van der Waals surface area contributed by atoms with Gasteiger partial charge in [-0.1, -0.05) is 0 Å². The number of nitrogens with zero attached hydrogens (tertiary/aromatic N) is 3. The van der Waals surface area contributed by atoms with E-state index < -0.39 is 5.82 Å². The second-order valence-corrected chi connectivity index (χ2v) is 5.50. The lowest BCUT2D eigenvalue weighted by Gasteiger charge is -2.04. The largest absolute Gasteiger partial charge is 0.378 e. The van der Waals surface area contributed by atoms with Crippen LogP contribution in [0.3, 0.4) is 0 Å². The summed E-state index contributed by atoms with van der Waals surface area (Å²) in [5.74, 6) is -0.240. The van der Waals surface area contributed by atoms with Gasteiger partial charge in [-0.2, -0.15) is 5.10 Å². The first-order chi connectivity index (χ1) is 10.7. The second kappa shape index (κ2) is 6.20. The van der Waals surface area contributed by atoms with Crippen LogP contribution in [-0.4, -0.2) is 27.3 Å². The molecule has 0 bridgehead atoms. The monoisotopic (exact) mass is 319 g/mol. The van der Waals surface area contributed by atoms with Crippen molar-refractivity contribution in [3.8, 4) is 11.3 Å². The van der Waals surface area contributed by atoms with Gasteiger partial charge in [-0.05, 0) is 19.1 Å². The van der Waals surface area contributed by atoms with Crippen LogP contribution in [0.2, 0.25) is 0 Å². The number of ether oxygens (including phenoxy) is 1. The molecule has 22 heavy (non-hydrogen) atoms. The Morgan fingerprint density at radius 3 is 3.05 bits per heavy atom. The van der Waals surface area contributed by atoms with Gasteiger partial charge in [0, 0.05) is 23.7 Å². The molecule has 0 spiro atoms. The zero-order valence-corrected chi connectivity index (χ0v) is 12.9. The van der Waals surface area contributed by atoms with Crippen LogP contribution in [0.25, 0.3) is 11.3 Å². The van der Waals surface area contributed by atoms with Crippen molar-refractivity contribution >= 4 is 22.3 Å². The maximum atomic E-state index is 13.7. The first-order valence-electron chi connectivity index (χ1n) is 6.54. The molecule has 0 unspecified atom stereocenters. The summed E-state index contributed by atoms with van der Waals surface area (Å²) in [6.45, 7) is 2.23. The third-order valence-electron chi connectivity index (χ3n) is 3.00. The van der Waals surface area contributed by atoms with Crippen LogP contribution in [0.4, 0.5) is 15.3 Å². The van der Waals surface area contributed by atoms with E-state index in [2.05, 4.69) is 25.5 Å². The lowest BCUT2D eigenvalue weighted by molar-refractivity contribution is 0.182. The molecular weight excluding hydrogens is 305 g/mol. The fourth-order valence-electron chi connectivity index (χ4n) is 1.97. The summed E-state index contributed by atoms with van der Waals surface area (Å²) in [7, 11) is 1.62. The highest BCUT2D eigenvalue weighted by Crippen LogP contribution is 2.29. The van der Waals surface area contributed by atoms with Gasteiger partial charge < -0.3 is 10.1 Å². The number of hydrogen-bond acceptors (Lipinski definition) is 6. The topological polar surface area (TPSA) is 75.7 Å². The van der Waals surface area contributed by atoms with Crippen LogP contribution in [-0.2, 0) is 11.3 Å². The minimum Gasteiger partial charge on any atom is -0.378 e. The number of nitrogens with one attached hydrogen (secondary N) is 2. The third-order valence-corrected chi connectivity index (χ3v) is 3.76. The predicted octanol–water partition coefficient (Wildman–Crippen LogP) is 3.27. The molecule has 6 nitrogen and oxygen atoms in total. The van der Waals surface area contributed by atoms with Crippen molar-refractivity contribution in [2.24, 2.45) is 0 Å². The van der Waals surface area contributed by atoms with Crippen molar-refractivity contribution in [2.75, 3.05) is 12.4 Å². The Kier molecular flexibility index (Phi) is 4.12. The summed E-state index contributed by atoms with van der Waals surface area (Å²) in [6, 6.07) is 3.00. The molecule has 0 aliphatic carbocycles. The van der Waals surface area contributed by atoms with Gasteiger partial charge in [0.25, 0.3) is 0 Å². The van der Waals surface area contributed by atoms with Crippen LogP contribution < -0.4 is 5.32 Å². The molecule has 3 heterocycles. The Bertz CT molecular complexity index is 785. The lowest BCUT2D eigenvalue weighted by atomic mass is 10.2. The van der Waals surface area contributed by atoms with E-state index >= 15 is 0 Å². The molecule has 0 aliphatic heterocycles. The Balaban J connectivity index is 1.84. The first kappa shape index (κ1) is 14.6. The van der Waals surface area contributed by atoms with Crippen molar-refractivity contribution in [3.05, 3.63) is 40.9 Å². The highest BCUT2D eigenvalue weighted by atomic mass is 32.1. The van der Waals surface area contributed by atoms with Crippen LogP contribution in [0.15, 0.2) is 23.7 Å². The van der Waals surface area contributed by atoms with Crippen molar-refractivity contribution in [2.45, 2.75) is 13.5 Å². The number of aromatic nitrogens is 4. The quantitative estimate of drug-likeness (QED) is 0.755. The molecular formula is C14H14FN5OS. The molecule has 3 rings (SSSR count). The predicted molar refractivity (Wildman–Crippen MR) is 82.6 cm³/mol. The molecule has 0 saturated heterocycles. The molecule has 0 fully saturated rings. The van der Waals surface area contributed by atoms with Crippen molar-refractivity contribution in [1.29, 1.82) is 0 Å². The SMILES string of the molecule is COCc1[nH]ncc1-c1csc(Nc2nc(C)ccc2F)n1.